The van der Waals surface area contributed by atoms with E-state index in [4.69, 9.17) is 0 Å². The fraction of sp³-hybridized carbons (Fsp3) is 0.0870. The molecule has 0 aliphatic carbocycles. The lowest BCUT2D eigenvalue weighted by Crippen LogP contribution is -2.18. The minimum atomic E-state index is -3.84. The van der Waals surface area contributed by atoms with Crippen LogP contribution in [0.4, 0.5) is 15.8 Å². The number of halogens is 1. The smallest absolute Gasteiger partial charge is 0.271 e. The number of fused-ring (bicyclic) bond motifs is 1. The number of nitro groups is 1. The van der Waals surface area contributed by atoms with Crippen LogP contribution in [0, 0.1) is 15.9 Å². The molecule has 33 heavy (non-hydrogen) atoms. The van der Waals surface area contributed by atoms with Gasteiger partial charge in [0.1, 0.15) is 12.4 Å². The van der Waals surface area contributed by atoms with Gasteiger partial charge in [0, 0.05) is 34.9 Å². The molecule has 10 heteroatoms. The summed E-state index contributed by atoms with van der Waals surface area (Å²) in [4.78, 5) is 23.0. The van der Waals surface area contributed by atoms with Gasteiger partial charge in [-0.1, -0.05) is 36.4 Å². The lowest BCUT2D eigenvalue weighted by molar-refractivity contribution is -0.384. The van der Waals surface area contributed by atoms with Crippen LogP contribution in [0.1, 0.15) is 5.56 Å². The van der Waals surface area contributed by atoms with Gasteiger partial charge in [-0.15, -0.1) is 0 Å². The first-order valence-electron chi connectivity index (χ1n) is 9.82. The van der Waals surface area contributed by atoms with Gasteiger partial charge in [-0.3, -0.25) is 14.9 Å². The number of carbonyl (C=O) groups is 1. The number of nitrogens with one attached hydrogen (secondary N) is 1. The van der Waals surface area contributed by atoms with Gasteiger partial charge in [0.25, 0.3) is 5.69 Å². The average molecular weight is 467 g/mol. The molecule has 0 fully saturated rings. The Labute approximate surface area is 188 Å². The molecule has 8 nitrogen and oxygen atoms in total. The van der Waals surface area contributed by atoms with Crippen LogP contribution in [0.2, 0.25) is 0 Å². The first-order chi connectivity index (χ1) is 15.7. The summed E-state index contributed by atoms with van der Waals surface area (Å²) in [6.45, 7) is -0.210. The van der Waals surface area contributed by atoms with Crippen molar-refractivity contribution in [2.24, 2.45) is 0 Å². The van der Waals surface area contributed by atoms with Gasteiger partial charge in [0.15, 0.2) is 9.84 Å². The van der Waals surface area contributed by atoms with E-state index >= 15 is 0 Å². The summed E-state index contributed by atoms with van der Waals surface area (Å²) in [5.41, 5.74) is 0.939. The van der Waals surface area contributed by atoms with Crippen molar-refractivity contribution in [3.63, 3.8) is 0 Å². The van der Waals surface area contributed by atoms with Crippen molar-refractivity contribution in [3.8, 4) is 0 Å². The number of hydrogen-bond donors (Lipinski definition) is 1. The second kappa shape index (κ2) is 8.83. The van der Waals surface area contributed by atoms with Crippen LogP contribution in [-0.4, -0.2) is 23.8 Å². The highest BCUT2D eigenvalue weighted by Crippen LogP contribution is 2.28. The SMILES string of the molecule is O=C(Cn1cc(S(=O)(=O)Cc2cccc(F)c2)c2ccccc21)Nc1cccc([N+](=O)[O-])c1. The normalized spacial score (nSPS) is 11.4. The Morgan fingerprint density at radius 3 is 2.55 bits per heavy atom. The molecule has 0 saturated carbocycles. The number of para-hydroxylation sites is 1. The number of benzene rings is 3. The Balaban J connectivity index is 1.62. The van der Waals surface area contributed by atoms with Crippen molar-refractivity contribution >= 4 is 38.0 Å². The maximum Gasteiger partial charge on any atom is 0.271 e. The molecular weight excluding hydrogens is 449 g/mol. The third-order valence-electron chi connectivity index (χ3n) is 4.99. The highest BCUT2D eigenvalue weighted by molar-refractivity contribution is 7.90. The molecule has 4 aromatic rings. The van der Waals surface area contributed by atoms with E-state index in [1.165, 1.54) is 59.3 Å². The lowest BCUT2D eigenvalue weighted by atomic mass is 10.2. The molecular formula is C23H18FN3O5S. The molecule has 0 atom stereocenters. The zero-order valence-electron chi connectivity index (χ0n) is 17.1. The maximum absolute atomic E-state index is 13.5. The summed E-state index contributed by atoms with van der Waals surface area (Å²) in [5.74, 6) is -1.40. The molecule has 0 aliphatic rings. The summed E-state index contributed by atoms with van der Waals surface area (Å²) < 4.78 is 41.2. The molecule has 0 unspecified atom stereocenters. The number of nitro benzene ring substituents is 1. The molecule has 0 saturated heterocycles. The molecule has 1 aromatic heterocycles. The average Bonchev–Trinajstić information content (AvgIpc) is 3.13. The minimum absolute atomic E-state index is 0.0329. The highest BCUT2D eigenvalue weighted by Gasteiger charge is 2.22. The molecule has 0 aliphatic heterocycles. The monoisotopic (exact) mass is 467 g/mol. The van der Waals surface area contributed by atoms with Crippen LogP contribution in [0.15, 0.2) is 83.9 Å². The molecule has 4 rings (SSSR count). The van der Waals surface area contributed by atoms with E-state index in [9.17, 15) is 27.7 Å². The number of anilines is 1. The summed E-state index contributed by atoms with van der Waals surface area (Å²) in [5, 5.41) is 14.0. The van der Waals surface area contributed by atoms with Crippen molar-refractivity contribution in [1.82, 2.24) is 4.57 Å². The van der Waals surface area contributed by atoms with E-state index in [0.717, 1.165) is 0 Å². The fourth-order valence-electron chi connectivity index (χ4n) is 3.57. The third kappa shape index (κ3) is 4.90. The maximum atomic E-state index is 13.5. The minimum Gasteiger partial charge on any atom is -0.337 e. The van der Waals surface area contributed by atoms with Gasteiger partial charge in [0.2, 0.25) is 5.91 Å². The fourth-order valence-corrected chi connectivity index (χ4v) is 5.14. The Bertz CT molecular complexity index is 1480. The first kappa shape index (κ1) is 22.2. The number of carbonyl (C=O) groups excluding carboxylic acids is 1. The predicted molar refractivity (Wildman–Crippen MR) is 121 cm³/mol. The summed E-state index contributed by atoms with van der Waals surface area (Å²) in [6.07, 6.45) is 1.38. The predicted octanol–water partition coefficient (Wildman–Crippen LogP) is 4.30. The number of non-ortho nitro benzene ring substituents is 1. The number of nitrogens with zero attached hydrogens (tertiary/aromatic N) is 2. The quantitative estimate of drug-likeness (QED) is 0.322. The molecule has 168 valence electrons. The zero-order valence-corrected chi connectivity index (χ0v) is 18.0. The molecule has 0 spiro atoms. The third-order valence-corrected chi connectivity index (χ3v) is 6.70. The van der Waals surface area contributed by atoms with Gasteiger partial charge in [-0.25, -0.2) is 12.8 Å². The van der Waals surface area contributed by atoms with Crippen LogP contribution in [0.3, 0.4) is 0 Å². The molecule has 1 heterocycles. The van der Waals surface area contributed by atoms with Crippen molar-refractivity contribution < 1.29 is 22.5 Å². The largest absolute Gasteiger partial charge is 0.337 e. The number of aromatic nitrogens is 1. The summed E-state index contributed by atoms with van der Waals surface area (Å²) >= 11 is 0. The molecule has 0 bridgehead atoms. The molecule has 1 N–H and O–H groups in total. The van der Waals surface area contributed by atoms with E-state index in [0.29, 0.717) is 16.5 Å². The first-order valence-corrected chi connectivity index (χ1v) is 11.5. The summed E-state index contributed by atoms with van der Waals surface area (Å²) in [7, 11) is -3.84. The second-order valence-electron chi connectivity index (χ2n) is 7.38. The Kier molecular flexibility index (Phi) is 5.93. The molecule has 0 radical (unpaired) electrons. The van der Waals surface area contributed by atoms with Gasteiger partial charge in [0.05, 0.1) is 15.6 Å². The van der Waals surface area contributed by atoms with Gasteiger partial charge >= 0.3 is 0 Å². The van der Waals surface area contributed by atoms with Crippen molar-refractivity contribution in [3.05, 3.63) is 100 Å². The molecule has 1 amide bonds. The van der Waals surface area contributed by atoms with E-state index in [2.05, 4.69) is 5.32 Å². The van der Waals surface area contributed by atoms with E-state index in [-0.39, 0.29) is 22.8 Å². The van der Waals surface area contributed by atoms with Crippen LogP contribution >= 0.6 is 0 Å². The topological polar surface area (TPSA) is 111 Å². The number of sulfone groups is 1. The number of amides is 1. The Morgan fingerprint density at radius 2 is 1.79 bits per heavy atom. The Hall–Kier alpha value is -4.05. The van der Waals surface area contributed by atoms with E-state index in [1.807, 2.05) is 0 Å². The van der Waals surface area contributed by atoms with Crippen molar-refractivity contribution in [2.75, 3.05) is 5.32 Å². The standard InChI is InChI=1S/C23H18FN3O5S/c24-17-6-3-5-16(11-17)15-33(31,32)22-13-26(21-10-2-1-9-20(21)22)14-23(28)25-18-7-4-8-19(12-18)27(29)30/h1-13H,14-15H2,(H,25,28). The number of hydrogen-bond acceptors (Lipinski definition) is 5. The number of rotatable bonds is 7. The lowest BCUT2D eigenvalue weighted by Gasteiger charge is -2.07. The second-order valence-corrected chi connectivity index (χ2v) is 9.34. The van der Waals surface area contributed by atoms with E-state index in [1.54, 1.807) is 24.3 Å². The van der Waals surface area contributed by atoms with Crippen LogP contribution in [0.5, 0.6) is 0 Å². The van der Waals surface area contributed by atoms with Crippen molar-refractivity contribution in [2.45, 2.75) is 17.2 Å². The highest BCUT2D eigenvalue weighted by atomic mass is 32.2. The van der Waals surface area contributed by atoms with Gasteiger partial charge < -0.3 is 9.88 Å². The van der Waals surface area contributed by atoms with Crippen LogP contribution < -0.4 is 5.32 Å². The van der Waals surface area contributed by atoms with Gasteiger partial charge in [-0.05, 0) is 29.8 Å². The van der Waals surface area contributed by atoms with Gasteiger partial charge in [-0.2, -0.15) is 0 Å². The van der Waals surface area contributed by atoms with Crippen LogP contribution in [-0.2, 0) is 26.9 Å². The summed E-state index contributed by atoms with van der Waals surface area (Å²) in [6, 6.07) is 17.7. The molecule has 3 aromatic carbocycles. The Morgan fingerprint density at radius 1 is 1.03 bits per heavy atom. The van der Waals surface area contributed by atoms with Crippen LogP contribution in [0.25, 0.3) is 10.9 Å². The van der Waals surface area contributed by atoms with E-state index < -0.39 is 32.2 Å². The zero-order chi connectivity index (χ0) is 23.6. The van der Waals surface area contributed by atoms with Crippen molar-refractivity contribution in [1.29, 1.82) is 0 Å².